The van der Waals surface area contributed by atoms with E-state index in [2.05, 4.69) is 30.7 Å². The van der Waals surface area contributed by atoms with Crippen LogP contribution in [-0.2, 0) is 0 Å². The molecule has 0 N–H and O–H groups in total. The van der Waals surface area contributed by atoms with Crippen molar-refractivity contribution >= 4 is 44.8 Å². The molecule has 3 heteroatoms. The van der Waals surface area contributed by atoms with E-state index in [1.807, 2.05) is 0 Å². The zero-order valence-corrected chi connectivity index (χ0v) is 9.82. The molecular weight excluding hydrogens is 220 g/mol. The van der Waals surface area contributed by atoms with Crippen molar-refractivity contribution in [2.24, 2.45) is 0 Å². The highest BCUT2D eigenvalue weighted by atomic mass is 35.5. The summed E-state index contributed by atoms with van der Waals surface area (Å²) in [6, 6.07) is 4.21. The molecule has 68 valence electrons. The molecule has 0 atom stereocenters. The van der Waals surface area contributed by atoms with Gasteiger partial charge in [0.1, 0.15) is 0 Å². The van der Waals surface area contributed by atoms with Crippen LogP contribution < -0.4 is 0 Å². The molecule has 2 aromatic rings. The summed E-state index contributed by atoms with van der Waals surface area (Å²) in [5.74, 6) is 0. The monoisotopic (exact) mass is 228 g/mol. The normalized spacial score (nSPS) is 11.0. The van der Waals surface area contributed by atoms with Crippen LogP contribution in [0, 0.1) is 6.92 Å². The third-order valence-electron chi connectivity index (χ3n) is 2.10. The van der Waals surface area contributed by atoms with Gasteiger partial charge in [0.2, 0.25) is 0 Å². The number of halogens is 1. The Hall–Kier alpha value is -0.180. The molecule has 0 fully saturated rings. The smallest absolute Gasteiger partial charge is 0.0460 e. The van der Waals surface area contributed by atoms with E-state index in [1.54, 1.807) is 23.1 Å². The van der Waals surface area contributed by atoms with Crippen LogP contribution in [0.15, 0.2) is 22.4 Å². The number of hydrogen-bond acceptors (Lipinski definition) is 2. The molecule has 0 aliphatic heterocycles. The number of benzene rings is 1. The fourth-order valence-electron chi connectivity index (χ4n) is 1.42. The second kappa shape index (κ2) is 3.52. The van der Waals surface area contributed by atoms with Gasteiger partial charge in [0.25, 0.3) is 0 Å². The van der Waals surface area contributed by atoms with Crippen molar-refractivity contribution < 1.29 is 0 Å². The largest absolute Gasteiger partial charge is 0.144 e. The molecular formula is C10H9ClS2. The summed E-state index contributed by atoms with van der Waals surface area (Å²) >= 11 is 9.63. The fourth-order valence-corrected chi connectivity index (χ4v) is 3.45. The molecule has 0 bridgehead atoms. The van der Waals surface area contributed by atoms with Crippen LogP contribution in [0.2, 0.25) is 5.02 Å². The van der Waals surface area contributed by atoms with Gasteiger partial charge in [0, 0.05) is 20.0 Å². The number of thiophene rings is 1. The minimum absolute atomic E-state index is 0.874. The average Bonchev–Trinajstić information content (AvgIpc) is 2.54. The molecule has 0 amide bonds. The van der Waals surface area contributed by atoms with Crippen LogP contribution in [-0.4, -0.2) is 6.26 Å². The van der Waals surface area contributed by atoms with Crippen molar-refractivity contribution in [2.45, 2.75) is 11.8 Å². The Kier molecular flexibility index (Phi) is 2.54. The van der Waals surface area contributed by atoms with Crippen molar-refractivity contribution in [2.75, 3.05) is 6.26 Å². The van der Waals surface area contributed by atoms with Crippen molar-refractivity contribution in [1.82, 2.24) is 0 Å². The quantitative estimate of drug-likeness (QED) is 0.644. The van der Waals surface area contributed by atoms with Gasteiger partial charge < -0.3 is 0 Å². The second-order valence-electron chi connectivity index (χ2n) is 2.85. The fraction of sp³-hybridized carbons (Fsp3) is 0.200. The van der Waals surface area contributed by atoms with E-state index in [-0.39, 0.29) is 0 Å². The number of fused-ring (bicyclic) bond motifs is 1. The molecule has 0 saturated heterocycles. The lowest BCUT2D eigenvalue weighted by atomic mass is 10.2. The first-order chi connectivity index (χ1) is 6.24. The van der Waals surface area contributed by atoms with Gasteiger partial charge in [0.05, 0.1) is 0 Å². The van der Waals surface area contributed by atoms with E-state index < -0.39 is 0 Å². The van der Waals surface area contributed by atoms with Gasteiger partial charge in [-0.2, -0.15) is 0 Å². The third-order valence-corrected chi connectivity index (χ3v) is 4.29. The minimum Gasteiger partial charge on any atom is -0.144 e. The first kappa shape index (κ1) is 9.38. The molecule has 1 aromatic carbocycles. The van der Waals surface area contributed by atoms with E-state index in [9.17, 15) is 0 Å². The molecule has 0 nitrogen and oxygen atoms in total. The number of hydrogen-bond donors (Lipinski definition) is 0. The maximum atomic E-state index is 6.12. The Morgan fingerprint density at radius 2 is 2.23 bits per heavy atom. The van der Waals surface area contributed by atoms with Gasteiger partial charge in [-0.3, -0.25) is 0 Å². The van der Waals surface area contributed by atoms with Gasteiger partial charge in [0.15, 0.2) is 0 Å². The van der Waals surface area contributed by atoms with E-state index in [0.717, 1.165) is 5.02 Å². The molecule has 0 spiro atoms. The second-order valence-corrected chi connectivity index (χ2v) is 5.02. The Bertz CT molecular complexity index is 445. The molecule has 0 unspecified atom stereocenters. The molecule has 0 saturated carbocycles. The summed E-state index contributed by atoms with van der Waals surface area (Å²) in [6.07, 6.45) is 2.09. The minimum atomic E-state index is 0.874. The van der Waals surface area contributed by atoms with Crippen molar-refractivity contribution in [3.8, 4) is 0 Å². The molecule has 0 radical (unpaired) electrons. The highest BCUT2D eigenvalue weighted by Gasteiger charge is 2.08. The molecule has 2 rings (SSSR count). The van der Waals surface area contributed by atoms with E-state index in [4.69, 9.17) is 11.6 Å². The van der Waals surface area contributed by atoms with Gasteiger partial charge in [-0.15, -0.1) is 23.1 Å². The molecule has 0 aliphatic rings. The van der Waals surface area contributed by atoms with Crippen molar-refractivity contribution in [3.63, 3.8) is 0 Å². The predicted octanol–water partition coefficient (Wildman–Crippen LogP) is 4.59. The van der Waals surface area contributed by atoms with Crippen LogP contribution in [0.3, 0.4) is 0 Å². The first-order valence-corrected chi connectivity index (χ1v) is 6.42. The third kappa shape index (κ3) is 1.47. The van der Waals surface area contributed by atoms with Crippen LogP contribution in [0.25, 0.3) is 10.1 Å². The van der Waals surface area contributed by atoms with Crippen LogP contribution in [0.1, 0.15) is 5.56 Å². The predicted molar refractivity (Wildman–Crippen MR) is 63.4 cm³/mol. The highest BCUT2D eigenvalue weighted by molar-refractivity contribution is 7.98. The average molecular weight is 229 g/mol. The summed E-state index contributed by atoms with van der Waals surface area (Å²) in [5.41, 5.74) is 1.19. The first-order valence-electron chi connectivity index (χ1n) is 3.94. The van der Waals surface area contributed by atoms with E-state index in [1.165, 1.54) is 20.5 Å². The molecule has 1 aromatic heterocycles. The summed E-state index contributed by atoms with van der Waals surface area (Å²) in [6.45, 7) is 2.07. The maximum absolute atomic E-state index is 6.12. The molecule has 1 heterocycles. The lowest BCUT2D eigenvalue weighted by Gasteiger charge is -2.06. The van der Waals surface area contributed by atoms with Crippen molar-refractivity contribution in [1.29, 1.82) is 0 Å². The summed E-state index contributed by atoms with van der Waals surface area (Å²) in [7, 11) is 0. The van der Waals surface area contributed by atoms with Gasteiger partial charge in [-0.05, 0) is 36.3 Å². The Balaban J connectivity index is 2.87. The van der Waals surface area contributed by atoms with E-state index >= 15 is 0 Å². The SMILES string of the molecule is CSc1c(C)c(Cl)cc2sccc12. The van der Waals surface area contributed by atoms with Crippen LogP contribution in [0.4, 0.5) is 0 Å². The Morgan fingerprint density at radius 3 is 2.92 bits per heavy atom. The van der Waals surface area contributed by atoms with Crippen molar-refractivity contribution in [3.05, 3.63) is 28.1 Å². The zero-order valence-electron chi connectivity index (χ0n) is 7.43. The van der Waals surface area contributed by atoms with Gasteiger partial charge in [-0.1, -0.05) is 11.6 Å². The topological polar surface area (TPSA) is 0 Å². The molecule has 13 heavy (non-hydrogen) atoms. The number of rotatable bonds is 1. The van der Waals surface area contributed by atoms with Crippen LogP contribution in [0.5, 0.6) is 0 Å². The Morgan fingerprint density at radius 1 is 1.46 bits per heavy atom. The summed E-state index contributed by atoms with van der Waals surface area (Å²) < 4.78 is 1.28. The summed E-state index contributed by atoms with van der Waals surface area (Å²) in [4.78, 5) is 1.31. The van der Waals surface area contributed by atoms with E-state index in [0.29, 0.717) is 0 Å². The maximum Gasteiger partial charge on any atom is 0.0460 e. The Labute approximate surface area is 90.9 Å². The standard InChI is InChI=1S/C10H9ClS2/c1-6-8(11)5-9-7(3-4-13-9)10(6)12-2/h3-5H,1-2H3. The van der Waals surface area contributed by atoms with Crippen LogP contribution >= 0.6 is 34.7 Å². The van der Waals surface area contributed by atoms with Gasteiger partial charge in [-0.25, -0.2) is 0 Å². The summed E-state index contributed by atoms with van der Waals surface area (Å²) in [5, 5.41) is 4.32. The molecule has 0 aliphatic carbocycles. The number of thioether (sulfide) groups is 1. The lowest BCUT2D eigenvalue weighted by Crippen LogP contribution is -1.81. The lowest BCUT2D eigenvalue weighted by molar-refractivity contribution is 1.36. The van der Waals surface area contributed by atoms with Gasteiger partial charge >= 0.3 is 0 Å². The zero-order chi connectivity index (χ0) is 9.42. The highest BCUT2D eigenvalue weighted by Crippen LogP contribution is 2.36.